The Hall–Kier alpha value is -1.02. The molecule has 0 unspecified atom stereocenters. The molecule has 2 N–H and O–H groups in total. The summed E-state index contributed by atoms with van der Waals surface area (Å²) in [5.74, 6) is 0. The Morgan fingerprint density at radius 1 is 1.33 bits per heavy atom. The maximum atomic E-state index is 3.55. The van der Waals surface area contributed by atoms with Gasteiger partial charge in [-0.1, -0.05) is 18.2 Å². The quantitative estimate of drug-likeness (QED) is 0.791. The highest BCUT2D eigenvalue weighted by molar-refractivity contribution is 5.53. The predicted molar refractivity (Wildman–Crippen MR) is 65.2 cm³/mol. The van der Waals surface area contributed by atoms with E-state index < -0.39 is 0 Å². The van der Waals surface area contributed by atoms with Crippen LogP contribution in [0, 0.1) is 0 Å². The number of anilines is 1. The van der Waals surface area contributed by atoms with Gasteiger partial charge in [-0.15, -0.1) is 0 Å². The molecular formula is C13H20N2. The minimum absolute atomic E-state index is 0.493. The molecule has 1 atom stereocenters. The molecule has 0 radical (unpaired) electrons. The molecule has 1 aliphatic rings. The van der Waals surface area contributed by atoms with Gasteiger partial charge < -0.3 is 10.6 Å². The smallest absolute Gasteiger partial charge is 0.0390 e. The van der Waals surface area contributed by atoms with Crippen molar-refractivity contribution in [1.82, 2.24) is 5.32 Å². The topological polar surface area (TPSA) is 24.1 Å². The summed E-state index contributed by atoms with van der Waals surface area (Å²) in [6.07, 6.45) is 2.55. The molecule has 2 heteroatoms. The van der Waals surface area contributed by atoms with Crippen LogP contribution < -0.4 is 10.6 Å². The van der Waals surface area contributed by atoms with E-state index in [4.69, 9.17) is 0 Å². The SMILES string of the molecule is CC(C)Nc1ccccc1[C@@H]1CCCN1. The molecule has 1 heterocycles. The Balaban J connectivity index is 2.20. The molecule has 1 fully saturated rings. The van der Waals surface area contributed by atoms with Crippen molar-refractivity contribution in [1.29, 1.82) is 0 Å². The zero-order valence-corrected chi connectivity index (χ0v) is 9.59. The molecule has 2 nitrogen and oxygen atoms in total. The molecule has 0 spiro atoms. The van der Waals surface area contributed by atoms with Gasteiger partial charge in [-0.3, -0.25) is 0 Å². The first kappa shape index (κ1) is 10.5. The van der Waals surface area contributed by atoms with Crippen LogP contribution >= 0.6 is 0 Å². The maximum Gasteiger partial charge on any atom is 0.0390 e. The first-order chi connectivity index (χ1) is 7.27. The lowest BCUT2D eigenvalue weighted by Crippen LogP contribution is -2.17. The van der Waals surface area contributed by atoms with Crippen LogP contribution in [-0.2, 0) is 0 Å². The molecular weight excluding hydrogens is 184 g/mol. The molecule has 15 heavy (non-hydrogen) atoms. The number of nitrogens with one attached hydrogen (secondary N) is 2. The fourth-order valence-corrected chi connectivity index (χ4v) is 2.19. The molecule has 1 aromatic rings. The van der Waals surface area contributed by atoms with E-state index >= 15 is 0 Å². The van der Waals surface area contributed by atoms with Gasteiger partial charge in [-0.05, 0) is 44.9 Å². The highest BCUT2D eigenvalue weighted by Gasteiger charge is 2.18. The lowest BCUT2D eigenvalue weighted by Gasteiger charge is -2.18. The molecule has 2 rings (SSSR count). The van der Waals surface area contributed by atoms with Gasteiger partial charge in [0, 0.05) is 17.8 Å². The first-order valence-electron chi connectivity index (χ1n) is 5.86. The van der Waals surface area contributed by atoms with Crippen molar-refractivity contribution in [3.63, 3.8) is 0 Å². The molecule has 0 amide bonds. The van der Waals surface area contributed by atoms with Gasteiger partial charge in [-0.25, -0.2) is 0 Å². The molecule has 1 aromatic carbocycles. The first-order valence-corrected chi connectivity index (χ1v) is 5.86. The summed E-state index contributed by atoms with van der Waals surface area (Å²) in [7, 11) is 0. The molecule has 0 aromatic heterocycles. The van der Waals surface area contributed by atoms with Crippen molar-refractivity contribution in [2.24, 2.45) is 0 Å². The summed E-state index contributed by atoms with van der Waals surface area (Å²) in [4.78, 5) is 0. The largest absolute Gasteiger partial charge is 0.383 e. The highest BCUT2D eigenvalue weighted by atomic mass is 15.0. The number of para-hydroxylation sites is 1. The van der Waals surface area contributed by atoms with Crippen molar-refractivity contribution in [2.45, 2.75) is 38.8 Å². The predicted octanol–water partition coefficient (Wildman–Crippen LogP) is 2.93. The Bertz CT molecular complexity index is 314. The molecule has 1 saturated heterocycles. The lowest BCUT2D eigenvalue weighted by atomic mass is 10.0. The normalized spacial score (nSPS) is 20.9. The maximum absolute atomic E-state index is 3.55. The fraction of sp³-hybridized carbons (Fsp3) is 0.538. The van der Waals surface area contributed by atoms with Gasteiger partial charge in [0.2, 0.25) is 0 Å². The molecule has 0 bridgehead atoms. The summed E-state index contributed by atoms with van der Waals surface area (Å²) >= 11 is 0. The second kappa shape index (κ2) is 4.67. The Labute approximate surface area is 92.1 Å². The van der Waals surface area contributed by atoms with E-state index in [9.17, 15) is 0 Å². The van der Waals surface area contributed by atoms with Crippen molar-refractivity contribution in [2.75, 3.05) is 11.9 Å². The highest BCUT2D eigenvalue weighted by Crippen LogP contribution is 2.29. The third-order valence-corrected chi connectivity index (χ3v) is 2.84. The summed E-state index contributed by atoms with van der Waals surface area (Å²) in [5.41, 5.74) is 2.70. The molecule has 0 aliphatic carbocycles. The van der Waals surface area contributed by atoms with Crippen LogP contribution in [0.25, 0.3) is 0 Å². The van der Waals surface area contributed by atoms with E-state index in [-0.39, 0.29) is 0 Å². The Morgan fingerprint density at radius 2 is 2.13 bits per heavy atom. The van der Waals surface area contributed by atoms with E-state index in [1.54, 1.807) is 0 Å². The van der Waals surface area contributed by atoms with Crippen LogP contribution in [-0.4, -0.2) is 12.6 Å². The Kier molecular flexibility index (Phi) is 3.27. The van der Waals surface area contributed by atoms with Gasteiger partial charge in [0.25, 0.3) is 0 Å². The van der Waals surface area contributed by atoms with Gasteiger partial charge >= 0.3 is 0 Å². The third kappa shape index (κ3) is 2.51. The van der Waals surface area contributed by atoms with Gasteiger partial charge in [-0.2, -0.15) is 0 Å². The van der Waals surface area contributed by atoms with Gasteiger partial charge in [0.15, 0.2) is 0 Å². The van der Waals surface area contributed by atoms with Crippen LogP contribution in [0.1, 0.15) is 38.3 Å². The minimum Gasteiger partial charge on any atom is -0.383 e. The van der Waals surface area contributed by atoms with Gasteiger partial charge in [0.1, 0.15) is 0 Å². The third-order valence-electron chi connectivity index (χ3n) is 2.84. The standard InChI is InChI=1S/C13H20N2/c1-10(2)15-13-7-4-3-6-11(13)12-8-5-9-14-12/h3-4,6-7,10,12,14-15H,5,8-9H2,1-2H3/t12-/m0/s1. The van der Waals surface area contributed by atoms with Gasteiger partial charge in [0.05, 0.1) is 0 Å². The second-order valence-electron chi connectivity index (χ2n) is 4.54. The number of hydrogen-bond donors (Lipinski definition) is 2. The lowest BCUT2D eigenvalue weighted by molar-refractivity contribution is 0.648. The van der Waals surface area contributed by atoms with E-state index in [0.717, 1.165) is 6.54 Å². The summed E-state index contributed by atoms with van der Waals surface area (Å²) in [5, 5.41) is 7.06. The average Bonchev–Trinajstić information content (AvgIpc) is 2.70. The zero-order chi connectivity index (χ0) is 10.7. The van der Waals surface area contributed by atoms with E-state index in [2.05, 4.69) is 48.7 Å². The van der Waals surface area contributed by atoms with E-state index in [1.165, 1.54) is 24.1 Å². The average molecular weight is 204 g/mol. The number of hydrogen-bond acceptors (Lipinski definition) is 2. The zero-order valence-electron chi connectivity index (χ0n) is 9.59. The van der Waals surface area contributed by atoms with Crippen LogP contribution in [0.3, 0.4) is 0 Å². The number of rotatable bonds is 3. The van der Waals surface area contributed by atoms with Crippen molar-refractivity contribution in [3.05, 3.63) is 29.8 Å². The second-order valence-corrected chi connectivity index (χ2v) is 4.54. The summed E-state index contributed by atoms with van der Waals surface area (Å²) in [6, 6.07) is 9.67. The summed E-state index contributed by atoms with van der Waals surface area (Å²) in [6.45, 7) is 5.51. The van der Waals surface area contributed by atoms with Crippen LogP contribution in [0.15, 0.2) is 24.3 Å². The van der Waals surface area contributed by atoms with Crippen molar-refractivity contribution < 1.29 is 0 Å². The van der Waals surface area contributed by atoms with Crippen LogP contribution in [0.2, 0.25) is 0 Å². The molecule has 82 valence electrons. The Morgan fingerprint density at radius 3 is 2.80 bits per heavy atom. The fourth-order valence-electron chi connectivity index (χ4n) is 2.19. The van der Waals surface area contributed by atoms with Crippen LogP contribution in [0.5, 0.6) is 0 Å². The monoisotopic (exact) mass is 204 g/mol. The minimum atomic E-state index is 0.493. The van der Waals surface area contributed by atoms with Crippen LogP contribution in [0.4, 0.5) is 5.69 Å². The van der Waals surface area contributed by atoms with Crippen molar-refractivity contribution >= 4 is 5.69 Å². The van der Waals surface area contributed by atoms with E-state index in [1.807, 2.05) is 0 Å². The number of benzene rings is 1. The van der Waals surface area contributed by atoms with E-state index in [0.29, 0.717) is 12.1 Å². The molecule has 0 saturated carbocycles. The summed E-state index contributed by atoms with van der Waals surface area (Å²) < 4.78 is 0. The van der Waals surface area contributed by atoms with Crippen molar-refractivity contribution in [3.8, 4) is 0 Å². The molecule has 1 aliphatic heterocycles.